The van der Waals surface area contributed by atoms with Crippen LogP contribution in [0.3, 0.4) is 0 Å². The molecule has 0 unspecified atom stereocenters. The Morgan fingerprint density at radius 2 is 1.96 bits per heavy atom. The van der Waals surface area contributed by atoms with E-state index >= 15 is 0 Å². The fourth-order valence-electron chi connectivity index (χ4n) is 3.13. The molecule has 0 bridgehead atoms. The number of hydrogen-bond donors (Lipinski definition) is 2. The summed E-state index contributed by atoms with van der Waals surface area (Å²) in [5.74, 6) is -0.0632. The fraction of sp³-hybridized carbons (Fsp3) is 0.650. The standard InChI is InChI=1S/C20H32N2O3/c1-14(2)22-12-17(18(13-22)25-5)21-19(23)16-8-6-15(7-9-16)10-11-20(3,4)24/h6-9,14,17-18,24H,10-13H2,1-5H3,(H,21,23)/t17-,18-/m0/s1. The van der Waals surface area contributed by atoms with Gasteiger partial charge in [0.05, 0.1) is 17.7 Å². The third kappa shape index (κ3) is 5.80. The van der Waals surface area contributed by atoms with Crippen LogP contribution in [0, 0.1) is 0 Å². The monoisotopic (exact) mass is 348 g/mol. The first kappa shape index (κ1) is 19.9. The summed E-state index contributed by atoms with van der Waals surface area (Å²) in [4.78, 5) is 14.9. The Balaban J connectivity index is 1.94. The first-order chi connectivity index (χ1) is 11.7. The van der Waals surface area contributed by atoms with Crippen LogP contribution >= 0.6 is 0 Å². The van der Waals surface area contributed by atoms with Crippen LogP contribution in [-0.2, 0) is 11.2 Å². The van der Waals surface area contributed by atoms with Crippen LogP contribution in [0.25, 0.3) is 0 Å². The topological polar surface area (TPSA) is 61.8 Å². The van der Waals surface area contributed by atoms with Crippen LogP contribution < -0.4 is 5.32 Å². The van der Waals surface area contributed by atoms with E-state index < -0.39 is 5.60 Å². The molecule has 1 aliphatic heterocycles. The van der Waals surface area contributed by atoms with Gasteiger partial charge in [-0.15, -0.1) is 0 Å². The highest BCUT2D eigenvalue weighted by molar-refractivity contribution is 5.94. The highest BCUT2D eigenvalue weighted by Gasteiger charge is 2.35. The van der Waals surface area contributed by atoms with Gasteiger partial charge in [-0.1, -0.05) is 12.1 Å². The van der Waals surface area contributed by atoms with Gasteiger partial charge >= 0.3 is 0 Å². The van der Waals surface area contributed by atoms with Crippen molar-refractivity contribution < 1.29 is 14.6 Å². The van der Waals surface area contributed by atoms with E-state index in [1.54, 1.807) is 7.11 Å². The Morgan fingerprint density at radius 1 is 1.32 bits per heavy atom. The van der Waals surface area contributed by atoms with Crippen LogP contribution in [0.5, 0.6) is 0 Å². The van der Waals surface area contributed by atoms with E-state index in [9.17, 15) is 9.90 Å². The fourth-order valence-corrected chi connectivity index (χ4v) is 3.13. The van der Waals surface area contributed by atoms with Gasteiger partial charge in [0.25, 0.3) is 5.91 Å². The molecule has 1 saturated heterocycles. The molecular weight excluding hydrogens is 316 g/mol. The van der Waals surface area contributed by atoms with Crippen LogP contribution in [0.4, 0.5) is 0 Å². The third-order valence-electron chi connectivity index (χ3n) is 4.89. The Bertz CT molecular complexity index is 563. The van der Waals surface area contributed by atoms with E-state index in [4.69, 9.17) is 4.74 Å². The van der Waals surface area contributed by atoms with Gasteiger partial charge in [0.15, 0.2) is 0 Å². The molecule has 1 aromatic carbocycles. The van der Waals surface area contributed by atoms with Gasteiger partial charge in [0.1, 0.15) is 0 Å². The lowest BCUT2D eigenvalue weighted by atomic mass is 9.98. The summed E-state index contributed by atoms with van der Waals surface area (Å²) in [5, 5.41) is 12.9. The smallest absolute Gasteiger partial charge is 0.251 e. The largest absolute Gasteiger partial charge is 0.390 e. The number of hydrogen-bond acceptors (Lipinski definition) is 4. The maximum atomic E-state index is 12.5. The predicted octanol–water partition coefficient (Wildman–Crippen LogP) is 2.23. The van der Waals surface area contributed by atoms with Gasteiger partial charge in [-0.3, -0.25) is 9.69 Å². The number of carbonyl (C=O) groups excluding carboxylic acids is 1. The number of nitrogens with one attached hydrogen (secondary N) is 1. The zero-order chi connectivity index (χ0) is 18.6. The molecule has 2 rings (SSSR count). The normalized spacial score (nSPS) is 21.7. The molecule has 25 heavy (non-hydrogen) atoms. The number of aliphatic hydroxyl groups is 1. The van der Waals surface area contributed by atoms with Crippen molar-refractivity contribution in [2.45, 2.75) is 64.3 Å². The first-order valence-corrected chi connectivity index (χ1v) is 9.08. The number of carbonyl (C=O) groups is 1. The molecule has 1 aromatic rings. The zero-order valence-electron chi connectivity index (χ0n) is 16.1. The molecule has 1 aliphatic rings. The number of likely N-dealkylation sites (tertiary alicyclic amines) is 1. The first-order valence-electron chi connectivity index (χ1n) is 9.08. The maximum absolute atomic E-state index is 12.5. The van der Waals surface area contributed by atoms with Gasteiger partial charge in [0.2, 0.25) is 0 Å². The molecule has 0 spiro atoms. The Hall–Kier alpha value is -1.43. The average Bonchev–Trinajstić information content (AvgIpc) is 2.96. The number of nitrogens with zero attached hydrogens (tertiary/aromatic N) is 1. The lowest BCUT2D eigenvalue weighted by Gasteiger charge is -2.20. The van der Waals surface area contributed by atoms with E-state index in [1.807, 2.05) is 38.1 Å². The molecule has 0 saturated carbocycles. The second-order valence-corrected chi connectivity index (χ2v) is 7.91. The van der Waals surface area contributed by atoms with E-state index in [0.29, 0.717) is 18.0 Å². The van der Waals surface area contributed by atoms with Crippen molar-refractivity contribution in [3.8, 4) is 0 Å². The average molecular weight is 348 g/mol. The van der Waals surface area contributed by atoms with Gasteiger partial charge < -0.3 is 15.2 Å². The lowest BCUT2D eigenvalue weighted by molar-refractivity contribution is 0.0713. The number of ether oxygens (including phenoxy) is 1. The van der Waals surface area contributed by atoms with E-state index in [-0.39, 0.29) is 18.1 Å². The Morgan fingerprint density at radius 3 is 2.48 bits per heavy atom. The molecule has 1 heterocycles. The SMILES string of the molecule is CO[C@H]1CN(C(C)C)C[C@@H]1NC(=O)c1ccc(CCC(C)(C)O)cc1. The van der Waals surface area contributed by atoms with Crippen LogP contribution in [-0.4, -0.2) is 59.9 Å². The summed E-state index contributed by atoms with van der Waals surface area (Å²) in [7, 11) is 1.70. The molecule has 1 fully saturated rings. The van der Waals surface area contributed by atoms with Crippen molar-refractivity contribution in [3.05, 3.63) is 35.4 Å². The number of methoxy groups -OCH3 is 1. The Labute approximate surface area is 151 Å². The quantitative estimate of drug-likeness (QED) is 0.793. The molecule has 2 atom stereocenters. The number of rotatable bonds is 7. The third-order valence-corrected chi connectivity index (χ3v) is 4.89. The van der Waals surface area contributed by atoms with Crippen LogP contribution in [0.1, 0.15) is 50.0 Å². The van der Waals surface area contributed by atoms with Crippen molar-refractivity contribution >= 4 is 5.91 Å². The highest BCUT2D eigenvalue weighted by atomic mass is 16.5. The molecule has 5 heteroatoms. The minimum Gasteiger partial charge on any atom is -0.390 e. The molecule has 0 aliphatic carbocycles. The van der Waals surface area contributed by atoms with E-state index in [1.165, 1.54) is 0 Å². The second kappa shape index (κ2) is 8.30. The van der Waals surface area contributed by atoms with Crippen molar-refractivity contribution in [2.75, 3.05) is 20.2 Å². The summed E-state index contributed by atoms with van der Waals surface area (Å²) >= 11 is 0. The molecule has 0 aromatic heterocycles. The summed E-state index contributed by atoms with van der Waals surface area (Å²) in [6.07, 6.45) is 1.52. The van der Waals surface area contributed by atoms with Gasteiger partial charge in [0, 0.05) is 31.8 Å². The van der Waals surface area contributed by atoms with Gasteiger partial charge in [-0.25, -0.2) is 0 Å². The van der Waals surface area contributed by atoms with Crippen LogP contribution in [0.2, 0.25) is 0 Å². The molecule has 2 N–H and O–H groups in total. The highest BCUT2D eigenvalue weighted by Crippen LogP contribution is 2.17. The minimum absolute atomic E-state index is 0.00904. The maximum Gasteiger partial charge on any atom is 0.251 e. The molecule has 140 valence electrons. The molecule has 5 nitrogen and oxygen atoms in total. The van der Waals surface area contributed by atoms with Crippen molar-refractivity contribution in [3.63, 3.8) is 0 Å². The molecular formula is C20H32N2O3. The van der Waals surface area contributed by atoms with E-state index in [0.717, 1.165) is 25.1 Å². The Kier molecular flexibility index (Phi) is 6.60. The number of benzene rings is 1. The lowest BCUT2D eigenvalue weighted by Crippen LogP contribution is -2.43. The second-order valence-electron chi connectivity index (χ2n) is 7.91. The number of aryl methyl sites for hydroxylation is 1. The van der Waals surface area contributed by atoms with Crippen molar-refractivity contribution in [1.82, 2.24) is 10.2 Å². The number of amides is 1. The summed E-state index contributed by atoms with van der Waals surface area (Å²) < 4.78 is 5.54. The van der Waals surface area contributed by atoms with E-state index in [2.05, 4.69) is 24.1 Å². The van der Waals surface area contributed by atoms with Gasteiger partial charge in [-0.2, -0.15) is 0 Å². The van der Waals surface area contributed by atoms with Gasteiger partial charge in [-0.05, 0) is 58.2 Å². The predicted molar refractivity (Wildman–Crippen MR) is 99.8 cm³/mol. The van der Waals surface area contributed by atoms with Crippen molar-refractivity contribution in [1.29, 1.82) is 0 Å². The summed E-state index contributed by atoms with van der Waals surface area (Å²) in [5.41, 5.74) is 1.11. The summed E-state index contributed by atoms with van der Waals surface area (Å²) in [6.45, 7) is 9.58. The zero-order valence-corrected chi connectivity index (χ0v) is 16.1. The molecule has 0 radical (unpaired) electrons. The van der Waals surface area contributed by atoms with Crippen molar-refractivity contribution in [2.24, 2.45) is 0 Å². The van der Waals surface area contributed by atoms with Crippen LogP contribution in [0.15, 0.2) is 24.3 Å². The molecule has 1 amide bonds. The summed E-state index contributed by atoms with van der Waals surface area (Å²) in [6, 6.07) is 8.08. The minimum atomic E-state index is -0.671.